The van der Waals surface area contributed by atoms with E-state index in [0.717, 1.165) is 36.5 Å². The van der Waals surface area contributed by atoms with Gasteiger partial charge in [-0.25, -0.2) is 4.79 Å². The van der Waals surface area contributed by atoms with E-state index in [1.54, 1.807) is 0 Å². The lowest BCUT2D eigenvalue weighted by atomic mass is 10.0. The van der Waals surface area contributed by atoms with Crippen LogP contribution < -0.4 is 0 Å². The first-order valence-electron chi connectivity index (χ1n) is 6.44. The van der Waals surface area contributed by atoms with Crippen LogP contribution in [0.25, 0.3) is 0 Å². The van der Waals surface area contributed by atoms with Crippen molar-refractivity contribution >= 4 is 28.9 Å². The zero-order valence-corrected chi connectivity index (χ0v) is 12.4. The van der Waals surface area contributed by atoms with Gasteiger partial charge in [0.25, 0.3) is 0 Å². The average molecular weight is 308 g/mol. The predicted molar refractivity (Wildman–Crippen MR) is 80.5 cm³/mol. The Morgan fingerprint density at radius 3 is 2.80 bits per heavy atom. The Morgan fingerprint density at radius 2 is 2.10 bits per heavy atom. The smallest absolute Gasteiger partial charge is 0.338 e. The second-order valence-corrected chi connectivity index (χ2v) is 6.61. The Hall–Kier alpha value is -1.36. The highest BCUT2D eigenvalue weighted by Crippen LogP contribution is 2.36. The molecular formula is C15H14ClNO2S. The summed E-state index contributed by atoms with van der Waals surface area (Å²) in [5.41, 5.74) is 2.51. The Bertz CT molecular complexity index is 639. The molecule has 0 spiro atoms. The van der Waals surface area contributed by atoms with Crippen molar-refractivity contribution < 1.29 is 9.90 Å². The maximum Gasteiger partial charge on any atom is 0.338 e. The van der Waals surface area contributed by atoms with Gasteiger partial charge in [0, 0.05) is 24.5 Å². The zero-order chi connectivity index (χ0) is 14.1. The largest absolute Gasteiger partial charge is 0.478 e. The number of benzene rings is 1. The molecule has 5 heteroatoms. The van der Waals surface area contributed by atoms with Gasteiger partial charge in [0.2, 0.25) is 0 Å². The lowest BCUT2D eigenvalue weighted by Gasteiger charge is -2.27. The Balaban J connectivity index is 1.79. The molecule has 1 aromatic carbocycles. The number of thiophene rings is 1. The predicted octanol–water partition coefficient (Wildman–Crippen LogP) is 3.66. The molecule has 0 unspecified atom stereocenters. The summed E-state index contributed by atoms with van der Waals surface area (Å²) in [7, 11) is 0. The number of carboxylic acids is 1. The van der Waals surface area contributed by atoms with Gasteiger partial charge in [0.05, 0.1) is 5.56 Å². The summed E-state index contributed by atoms with van der Waals surface area (Å²) in [6.45, 7) is 2.54. The standard InChI is InChI=1S/C15H14ClNO2S/c16-14-13(15(18)19)11-6-7-17(9-12(11)20-14)8-10-4-2-1-3-5-10/h1-5H,6-9H2,(H,18,19). The van der Waals surface area contributed by atoms with Crippen LogP contribution in [0.3, 0.4) is 0 Å². The maximum absolute atomic E-state index is 11.2. The van der Waals surface area contributed by atoms with Crippen molar-refractivity contribution in [2.45, 2.75) is 19.5 Å². The summed E-state index contributed by atoms with van der Waals surface area (Å²) in [6.07, 6.45) is 0.757. The fourth-order valence-electron chi connectivity index (χ4n) is 2.61. The minimum atomic E-state index is -0.913. The van der Waals surface area contributed by atoms with Gasteiger partial charge in [0.15, 0.2) is 0 Å². The van der Waals surface area contributed by atoms with E-state index in [4.69, 9.17) is 11.6 Å². The van der Waals surface area contributed by atoms with Crippen molar-refractivity contribution in [3.05, 3.63) is 56.2 Å². The third-order valence-electron chi connectivity index (χ3n) is 3.56. The topological polar surface area (TPSA) is 40.5 Å². The van der Waals surface area contributed by atoms with Gasteiger partial charge in [-0.1, -0.05) is 41.9 Å². The minimum absolute atomic E-state index is 0.311. The van der Waals surface area contributed by atoms with E-state index >= 15 is 0 Å². The quantitative estimate of drug-likeness (QED) is 0.941. The molecule has 0 radical (unpaired) electrons. The molecular weight excluding hydrogens is 294 g/mol. The second kappa shape index (κ2) is 5.56. The minimum Gasteiger partial charge on any atom is -0.478 e. The first-order chi connectivity index (χ1) is 9.65. The number of halogens is 1. The molecule has 2 heterocycles. The van der Waals surface area contributed by atoms with Crippen LogP contribution in [0.2, 0.25) is 4.34 Å². The maximum atomic E-state index is 11.2. The number of hydrogen-bond acceptors (Lipinski definition) is 3. The summed E-state index contributed by atoms with van der Waals surface area (Å²) < 4.78 is 0.407. The highest BCUT2D eigenvalue weighted by Gasteiger charge is 2.26. The summed E-state index contributed by atoms with van der Waals surface area (Å²) in [5, 5.41) is 9.22. The molecule has 0 fully saturated rings. The molecule has 0 bridgehead atoms. The van der Waals surface area contributed by atoms with E-state index < -0.39 is 5.97 Å². The van der Waals surface area contributed by atoms with Crippen molar-refractivity contribution in [2.24, 2.45) is 0 Å². The normalized spacial score (nSPS) is 15.1. The van der Waals surface area contributed by atoms with Crippen molar-refractivity contribution in [3.63, 3.8) is 0 Å². The molecule has 0 atom stereocenters. The molecule has 104 valence electrons. The van der Waals surface area contributed by atoms with Crippen molar-refractivity contribution in [1.29, 1.82) is 0 Å². The Morgan fingerprint density at radius 1 is 1.35 bits per heavy atom. The van der Waals surface area contributed by atoms with Crippen LogP contribution >= 0.6 is 22.9 Å². The van der Waals surface area contributed by atoms with Gasteiger partial charge in [-0.2, -0.15) is 0 Å². The lowest BCUT2D eigenvalue weighted by molar-refractivity contribution is 0.0695. The lowest BCUT2D eigenvalue weighted by Crippen LogP contribution is -2.29. The summed E-state index contributed by atoms with van der Waals surface area (Å²) in [5.74, 6) is -0.913. The molecule has 1 N–H and O–H groups in total. The van der Waals surface area contributed by atoms with E-state index in [1.807, 2.05) is 18.2 Å². The third-order valence-corrected chi connectivity index (χ3v) is 4.98. The molecule has 3 rings (SSSR count). The van der Waals surface area contributed by atoms with Crippen LogP contribution in [0.5, 0.6) is 0 Å². The molecule has 0 amide bonds. The molecule has 0 saturated carbocycles. The van der Waals surface area contributed by atoms with Crippen LogP contribution in [0.1, 0.15) is 26.4 Å². The van der Waals surface area contributed by atoms with E-state index in [-0.39, 0.29) is 0 Å². The van der Waals surface area contributed by atoms with Crippen molar-refractivity contribution in [2.75, 3.05) is 6.54 Å². The summed E-state index contributed by atoms with van der Waals surface area (Å²) in [4.78, 5) is 14.7. The first-order valence-corrected chi connectivity index (χ1v) is 7.64. The van der Waals surface area contributed by atoms with E-state index in [1.165, 1.54) is 16.9 Å². The van der Waals surface area contributed by atoms with Crippen LogP contribution in [-0.2, 0) is 19.5 Å². The number of carbonyl (C=O) groups is 1. The monoisotopic (exact) mass is 307 g/mol. The molecule has 1 aliphatic heterocycles. The fraction of sp³-hybridized carbons (Fsp3) is 0.267. The van der Waals surface area contributed by atoms with Gasteiger partial charge in [-0.05, 0) is 17.5 Å². The number of aromatic carboxylic acids is 1. The molecule has 0 saturated heterocycles. The molecule has 1 aliphatic rings. The van der Waals surface area contributed by atoms with Crippen molar-refractivity contribution in [1.82, 2.24) is 4.90 Å². The SMILES string of the molecule is O=C(O)c1c(Cl)sc2c1CCN(Cc1ccccc1)C2. The number of fused-ring (bicyclic) bond motifs is 1. The molecule has 2 aromatic rings. The van der Waals surface area contributed by atoms with Gasteiger partial charge in [-0.15, -0.1) is 11.3 Å². The number of rotatable bonds is 3. The van der Waals surface area contributed by atoms with E-state index in [2.05, 4.69) is 17.0 Å². The van der Waals surface area contributed by atoms with Gasteiger partial charge >= 0.3 is 5.97 Å². The van der Waals surface area contributed by atoms with Crippen LogP contribution in [-0.4, -0.2) is 22.5 Å². The molecule has 0 aliphatic carbocycles. The number of nitrogens with zero attached hydrogens (tertiary/aromatic N) is 1. The highest BCUT2D eigenvalue weighted by molar-refractivity contribution is 7.16. The van der Waals surface area contributed by atoms with Gasteiger partial charge in [-0.3, -0.25) is 4.90 Å². The van der Waals surface area contributed by atoms with Crippen LogP contribution in [0, 0.1) is 0 Å². The highest BCUT2D eigenvalue weighted by atomic mass is 35.5. The molecule has 1 aromatic heterocycles. The second-order valence-electron chi connectivity index (χ2n) is 4.90. The van der Waals surface area contributed by atoms with Crippen molar-refractivity contribution in [3.8, 4) is 0 Å². The van der Waals surface area contributed by atoms with E-state index in [0.29, 0.717) is 9.90 Å². The first kappa shape index (κ1) is 13.6. The number of hydrogen-bond donors (Lipinski definition) is 1. The summed E-state index contributed by atoms with van der Waals surface area (Å²) in [6, 6.07) is 10.3. The molecule has 20 heavy (non-hydrogen) atoms. The van der Waals surface area contributed by atoms with Crippen LogP contribution in [0.4, 0.5) is 0 Å². The number of carboxylic acid groups (broad SMARTS) is 1. The third kappa shape index (κ3) is 2.59. The fourth-order valence-corrected chi connectivity index (χ4v) is 4.19. The van der Waals surface area contributed by atoms with Crippen LogP contribution in [0.15, 0.2) is 30.3 Å². The van der Waals surface area contributed by atoms with E-state index in [9.17, 15) is 9.90 Å². The Kier molecular flexibility index (Phi) is 3.78. The summed E-state index contributed by atoms with van der Waals surface area (Å²) >= 11 is 7.46. The Labute approximate surface area is 126 Å². The average Bonchev–Trinajstić information content (AvgIpc) is 2.75. The van der Waals surface area contributed by atoms with Gasteiger partial charge < -0.3 is 5.11 Å². The zero-order valence-electron chi connectivity index (χ0n) is 10.8. The van der Waals surface area contributed by atoms with Gasteiger partial charge in [0.1, 0.15) is 4.34 Å². The molecule has 3 nitrogen and oxygen atoms in total.